The van der Waals surface area contributed by atoms with E-state index < -0.39 is 0 Å². The molecule has 1 fully saturated rings. The fraction of sp³-hybridized carbons (Fsp3) is 0.375. The van der Waals surface area contributed by atoms with Crippen LogP contribution in [0.2, 0.25) is 0 Å². The number of nitrogens with one attached hydrogen (secondary N) is 2. The lowest BCUT2D eigenvalue weighted by atomic mass is 10.2. The summed E-state index contributed by atoms with van der Waals surface area (Å²) in [6.07, 6.45) is 3.76. The van der Waals surface area contributed by atoms with Crippen molar-refractivity contribution in [2.24, 2.45) is 0 Å². The number of morpholine rings is 1. The summed E-state index contributed by atoms with van der Waals surface area (Å²) in [6.45, 7) is 4.95. The number of pyridine rings is 1. The molecular formula is C16H19BrN4O2. The van der Waals surface area contributed by atoms with Crippen LogP contribution in [0.1, 0.15) is 23.0 Å². The van der Waals surface area contributed by atoms with Crippen molar-refractivity contribution in [1.29, 1.82) is 0 Å². The highest BCUT2D eigenvalue weighted by Crippen LogP contribution is 2.15. The molecule has 2 N–H and O–H groups in total. The van der Waals surface area contributed by atoms with Crippen LogP contribution in [-0.4, -0.2) is 41.7 Å². The zero-order chi connectivity index (χ0) is 16.2. The Bertz CT molecular complexity index is 671. The largest absolute Gasteiger partial charge is 0.375 e. The molecule has 122 valence electrons. The fourth-order valence-electron chi connectivity index (χ4n) is 2.51. The van der Waals surface area contributed by atoms with Crippen LogP contribution < -0.4 is 10.2 Å². The van der Waals surface area contributed by atoms with E-state index in [0.717, 1.165) is 35.6 Å². The number of nitrogens with zero attached hydrogens (tertiary/aromatic N) is 2. The van der Waals surface area contributed by atoms with Crippen LogP contribution in [-0.2, 0) is 11.3 Å². The molecule has 1 unspecified atom stereocenters. The molecular weight excluding hydrogens is 360 g/mol. The minimum absolute atomic E-state index is 0.137. The van der Waals surface area contributed by atoms with Crippen molar-refractivity contribution in [3.8, 4) is 0 Å². The Hall–Kier alpha value is -1.86. The SMILES string of the molecule is CC1CN(c2ccc(CNC(=O)c3cc(Br)c[nH]3)cn2)CCO1. The normalized spacial score (nSPS) is 18.0. The summed E-state index contributed by atoms with van der Waals surface area (Å²) in [5, 5.41) is 2.87. The second-order valence-electron chi connectivity index (χ2n) is 5.57. The highest BCUT2D eigenvalue weighted by molar-refractivity contribution is 9.10. The fourth-order valence-corrected chi connectivity index (χ4v) is 2.85. The summed E-state index contributed by atoms with van der Waals surface area (Å²) in [5.41, 5.74) is 1.50. The van der Waals surface area contributed by atoms with E-state index in [2.05, 4.69) is 43.0 Å². The maximum Gasteiger partial charge on any atom is 0.268 e. The molecule has 1 saturated heterocycles. The first kappa shape index (κ1) is 16.0. The Labute approximate surface area is 143 Å². The van der Waals surface area contributed by atoms with Crippen LogP contribution >= 0.6 is 15.9 Å². The molecule has 2 aromatic heterocycles. The summed E-state index contributed by atoms with van der Waals surface area (Å²) in [6, 6.07) is 5.73. The van der Waals surface area contributed by atoms with Crippen molar-refractivity contribution >= 4 is 27.7 Å². The Balaban J connectivity index is 1.56. The molecule has 23 heavy (non-hydrogen) atoms. The lowest BCUT2D eigenvalue weighted by molar-refractivity contribution is 0.0529. The maximum atomic E-state index is 12.0. The van der Waals surface area contributed by atoms with Crippen molar-refractivity contribution < 1.29 is 9.53 Å². The van der Waals surface area contributed by atoms with Gasteiger partial charge in [-0.15, -0.1) is 0 Å². The first-order valence-electron chi connectivity index (χ1n) is 7.55. The van der Waals surface area contributed by atoms with Crippen LogP contribution in [0.15, 0.2) is 35.1 Å². The van der Waals surface area contributed by atoms with E-state index in [9.17, 15) is 4.79 Å². The van der Waals surface area contributed by atoms with Gasteiger partial charge in [-0.25, -0.2) is 4.98 Å². The average Bonchev–Trinajstić information content (AvgIpc) is 3.00. The monoisotopic (exact) mass is 378 g/mol. The quantitative estimate of drug-likeness (QED) is 0.856. The van der Waals surface area contributed by atoms with E-state index in [0.29, 0.717) is 12.2 Å². The third-order valence-corrected chi connectivity index (χ3v) is 4.18. The number of ether oxygens (including phenoxy) is 1. The number of anilines is 1. The first-order valence-corrected chi connectivity index (χ1v) is 8.35. The van der Waals surface area contributed by atoms with E-state index in [1.807, 2.05) is 12.1 Å². The second-order valence-corrected chi connectivity index (χ2v) is 6.48. The van der Waals surface area contributed by atoms with E-state index in [4.69, 9.17) is 4.74 Å². The lowest BCUT2D eigenvalue weighted by Gasteiger charge is -2.32. The predicted octanol–water partition coefficient (Wildman–Crippen LogP) is 2.33. The first-order chi connectivity index (χ1) is 11.1. The molecule has 0 bridgehead atoms. The summed E-state index contributed by atoms with van der Waals surface area (Å²) in [5.74, 6) is 0.810. The molecule has 0 saturated carbocycles. The Morgan fingerprint density at radius 2 is 2.43 bits per heavy atom. The second kappa shape index (κ2) is 7.14. The number of aromatic amines is 1. The van der Waals surface area contributed by atoms with Crippen molar-refractivity contribution in [3.63, 3.8) is 0 Å². The van der Waals surface area contributed by atoms with Gasteiger partial charge in [0.05, 0.1) is 12.7 Å². The van der Waals surface area contributed by atoms with Crippen molar-refractivity contribution in [3.05, 3.63) is 46.3 Å². The third kappa shape index (κ3) is 4.11. The smallest absolute Gasteiger partial charge is 0.268 e. The summed E-state index contributed by atoms with van der Waals surface area (Å²) in [4.78, 5) is 21.6. The van der Waals surface area contributed by atoms with Crippen LogP contribution in [0.4, 0.5) is 5.82 Å². The number of carbonyl (C=O) groups excluding carboxylic acids is 1. The Morgan fingerprint density at radius 1 is 1.57 bits per heavy atom. The molecule has 0 spiro atoms. The highest BCUT2D eigenvalue weighted by Gasteiger charge is 2.17. The number of carbonyl (C=O) groups is 1. The molecule has 3 rings (SSSR count). The van der Waals surface area contributed by atoms with E-state index in [-0.39, 0.29) is 12.0 Å². The van der Waals surface area contributed by atoms with Gasteiger partial charge < -0.3 is 19.9 Å². The third-order valence-electron chi connectivity index (χ3n) is 3.72. The molecule has 7 heteroatoms. The van der Waals surface area contributed by atoms with Crippen molar-refractivity contribution in [1.82, 2.24) is 15.3 Å². The molecule has 0 aliphatic carbocycles. The molecule has 0 aromatic carbocycles. The number of rotatable bonds is 4. The molecule has 1 amide bonds. The van der Waals surface area contributed by atoms with Crippen molar-refractivity contribution in [2.75, 3.05) is 24.6 Å². The van der Waals surface area contributed by atoms with Crippen LogP contribution in [0.5, 0.6) is 0 Å². The van der Waals surface area contributed by atoms with Gasteiger partial charge in [-0.3, -0.25) is 4.79 Å². The minimum atomic E-state index is -0.137. The Morgan fingerprint density at radius 3 is 3.09 bits per heavy atom. The van der Waals surface area contributed by atoms with Gasteiger partial charge in [-0.05, 0) is 40.5 Å². The van der Waals surface area contributed by atoms with E-state index in [1.165, 1.54) is 0 Å². The number of hydrogen-bond donors (Lipinski definition) is 2. The van der Waals surface area contributed by atoms with E-state index >= 15 is 0 Å². The van der Waals surface area contributed by atoms with Crippen molar-refractivity contribution in [2.45, 2.75) is 19.6 Å². The van der Waals surface area contributed by atoms with Gasteiger partial charge >= 0.3 is 0 Å². The number of aromatic nitrogens is 2. The lowest BCUT2D eigenvalue weighted by Crippen LogP contribution is -2.41. The number of amides is 1. The Kier molecular flexibility index (Phi) is 4.97. The molecule has 2 aromatic rings. The van der Waals surface area contributed by atoms with Gasteiger partial charge in [0.15, 0.2) is 0 Å². The summed E-state index contributed by atoms with van der Waals surface area (Å²) < 4.78 is 6.39. The highest BCUT2D eigenvalue weighted by atomic mass is 79.9. The molecule has 1 atom stereocenters. The van der Waals surface area contributed by atoms with Gasteiger partial charge in [0, 0.05) is 36.5 Å². The van der Waals surface area contributed by atoms with E-state index in [1.54, 1.807) is 18.5 Å². The molecule has 0 radical (unpaired) electrons. The molecule has 6 nitrogen and oxygen atoms in total. The van der Waals surface area contributed by atoms with Gasteiger partial charge in [-0.1, -0.05) is 6.07 Å². The number of halogens is 1. The van der Waals surface area contributed by atoms with Gasteiger partial charge in [0.25, 0.3) is 5.91 Å². The summed E-state index contributed by atoms with van der Waals surface area (Å²) >= 11 is 3.31. The van der Waals surface area contributed by atoms with Crippen LogP contribution in [0, 0.1) is 0 Å². The number of H-pyrrole nitrogens is 1. The van der Waals surface area contributed by atoms with Gasteiger partial charge in [0.2, 0.25) is 0 Å². The van der Waals surface area contributed by atoms with Crippen LogP contribution in [0.3, 0.4) is 0 Å². The standard InChI is InChI=1S/C16H19BrN4O2/c1-11-10-21(4-5-23-11)15-3-2-12(7-19-15)8-20-16(22)14-6-13(17)9-18-14/h2-3,6-7,9,11,18H,4-5,8,10H2,1H3,(H,20,22). The molecule has 1 aliphatic rings. The maximum absolute atomic E-state index is 12.0. The predicted molar refractivity (Wildman–Crippen MR) is 91.5 cm³/mol. The van der Waals surface area contributed by atoms with Gasteiger partial charge in [-0.2, -0.15) is 0 Å². The topological polar surface area (TPSA) is 70.2 Å². The number of hydrogen-bond acceptors (Lipinski definition) is 4. The summed E-state index contributed by atoms with van der Waals surface area (Å²) in [7, 11) is 0. The zero-order valence-electron chi connectivity index (χ0n) is 12.9. The average molecular weight is 379 g/mol. The minimum Gasteiger partial charge on any atom is -0.375 e. The molecule has 3 heterocycles. The molecule has 1 aliphatic heterocycles. The zero-order valence-corrected chi connectivity index (χ0v) is 14.5. The van der Waals surface area contributed by atoms with Crippen LogP contribution in [0.25, 0.3) is 0 Å². The van der Waals surface area contributed by atoms with Gasteiger partial charge in [0.1, 0.15) is 11.5 Å².